The van der Waals surface area contributed by atoms with Crippen LogP contribution in [0.25, 0.3) is 0 Å². The number of carbonyl (C=O) groups is 1. The van der Waals surface area contributed by atoms with E-state index in [0.717, 1.165) is 5.56 Å². The summed E-state index contributed by atoms with van der Waals surface area (Å²) >= 11 is 0. The molecule has 2 aromatic carbocycles. The molecular formula is C23H24FNO5S. The van der Waals surface area contributed by atoms with E-state index in [4.69, 9.17) is 4.74 Å². The standard InChI is InChI=1S/C23H24FNO5S/c1-2-3-16-30-20-8-10-21(11-9-20)31(28,29)23(22(26)27)12-14-25(15-13-23)17-18-4-6-19(24)7-5-18/h4-11H,12-17H2,1H3,(H,26,27). The first-order valence-electron chi connectivity index (χ1n) is 9.86. The molecule has 1 aliphatic heterocycles. The summed E-state index contributed by atoms with van der Waals surface area (Å²) in [5, 5.41) is 9.91. The van der Waals surface area contributed by atoms with E-state index < -0.39 is 20.6 Å². The van der Waals surface area contributed by atoms with Crippen molar-refractivity contribution in [2.75, 3.05) is 19.7 Å². The molecule has 8 heteroatoms. The fourth-order valence-electron chi connectivity index (χ4n) is 3.65. The molecule has 0 spiro atoms. The van der Waals surface area contributed by atoms with Gasteiger partial charge in [0, 0.05) is 19.6 Å². The fraction of sp³-hybridized carbons (Fsp3) is 0.348. The average molecular weight is 446 g/mol. The van der Waals surface area contributed by atoms with Gasteiger partial charge in [0.05, 0.1) is 4.90 Å². The van der Waals surface area contributed by atoms with E-state index in [2.05, 4.69) is 11.8 Å². The molecule has 0 aromatic heterocycles. The van der Waals surface area contributed by atoms with Gasteiger partial charge in [-0.15, -0.1) is 5.92 Å². The summed E-state index contributed by atoms with van der Waals surface area (Å²) in [4.78, 5) is 14.1. The number of nitrogens with zero attached hydrogens (tertiary/aromatic N) is 1. The van der Waals surface area contributed by atoms with Crippen LogP contribution in [0.4, 0.5) is 4.39 Å². The summed E-state index contributed by atoms with van der Waals surface area (Å²) in [6, 6.07) is 11.8. The van der Waals surface area contributed by atoms with Gasteiger partial charge in [0.25, 0.3) is 0 Å². The normalized spacial score (nSPS) is 16.2. The van der Waals surface area contributed by atoms with E-state index in [1.807, 2.05) is 4.90 Å². The molecule has 164 valence electrons. The highest BCUT2D eigenvalue weighted by Gasteiger charge is 2.53. The highest BCUT2D eigenvalue weighted by atomic mass is 32.2. The van der Waals surface area contributed by atoms with Crippen LogP contribution in [0.2, 0.25) is 0 Å². The van der Waals surface area contributed by atoms with E-state index in [0.29, 0.717) is 25.4 Å². The predicted molar refractivity (Wildman–Crippen MR) is 114 cm³/mol. The number of piperidine rings is 1. The zero-order valence-electron chi connectivity index (χ0n) is 17.2. The molecule has 0 bridgehead atoms. The van der Waals surface area contributed by atoms with Crippen LogP contribution in [-0.4, -0.2) is 48.8 Å². The van der Waals surface area contributed by atoms with Crippen molar-refractivity contribution in [2.24, 2.45) is 0 Å². The van der Waals surface area contributed by atoms with Crippen molar-refractivity contribution < 1.29 is 27.4 Å². The van der Waals surface area contributed by atoms with E-state index in [9.17, 15) is 22.7 Å². The first-order valence-corrected chi connectivity index (χ1v) is 11.3. The highest BCUT2D eigenvalue weighted by Crippen LogP contribution is 2.36. The Morgan fingerprint density at radius 3 is 2.29 bits per heavy atom. The number of rotatable bonds is 7. The number of benzene rings is 2. The summed E-state index contributed by atoms with van der Waals surface area (Å²) in [5.41, 5.74) is 0.885. The van der Waals surface area contributed by atoms with Crippen molar-refractivity contribution in [1.82, 2.24) is 4.90 Å². The molecular weight excluding hydrogens is 421 g/mol. The van der Waals surface area contributed by atoms with Crippen LogP contribution < -0.4 is 4.74 Å². The van der Waals surface area contributed by atoms with Gasteiger partial charge in [-0.2, -0.15) is 0 Å². The summed E-state index contributed by atoms with van der Waals surface area (Å²) in [6.07, 6.45) is -0.0631. The van der Waals surface area contributed by atoms with Crippen molar-refractivity contribution in [2.45, 2.75) is 36.0 Å². The first-order chi connectivity index (χ1) is 14.8. The van der Waals surface area contributed by atoms with E-state index in [-0.39, 0.29) is 30.2 Å². The van der Waals surface area contributed by atoms with Crippen LogP contribution in [0, 0.1) is 17.7 Å². The Labute approximate surface area is 181 Å². The van der Waals surface area contributed by atoms with Gasteiger partial charge < -0.3 is 9.84 Å². The van der Waals surface area contributed by atoms with Gasteiger partial charge in [0.1, 0.15) is 18.2 Å². The molecule has 31 heavy (non-hydrogen) atoms. The second-order valence-electron chi connectivity index (χ2n) is 7.39. The van der Waals surface area contributed by atoms with Gasteiger partial charge in [-0.25, -0.2) is 12.8 Å². The number of hydrogen-bond donors (Lipinski definition) is 1. The number of carboxylic acids is 1. The Bertz CT molecular complexity index is 1080. The maximum Gasteiger partial charge on any atom is 0.325 e. The topological polar surface area (TPSA) is 83.9 Å². The molecule has 1 heterocycles. The van der Waals surface area contributed by atoms with Gasteiger partial charge in [-0.05, 0) is 61.7 Å². The number of likely N-dealkylation sites (tertiary alicyclic amines) is 1. The van der Waals surface area contributed by atoms with Crippen LogP contribution >= 0.6 is 0 Å². The fourth-order valence-corrected chi connectivity index (χ4v) is 5.55. The molecule has 1 N–H and O–H groups in total. The van der Waals surface area contributed by atoms with Crippen LogP contribution in [0.15, 0.2) is 53.4 Å². The zero-order valence-corrected chi connectivity index (χ0v) is 18.0. The molecule has 1 saturated heterocycles. The van der Waals surface area contributed by atoms with Gasteiger partial charge in [-0.3, -0.25) is 9.69 Å². The summed E-state index contributed by atoms with van der Waals surface area (Å²) in [6.45, 7) is 2.99. The lowest BCUT2D eigenvalue weighted by atomic mass is 9.95. The van der Waals surface area contributed by atoms with E-state index in [1.165, 1.54) is 36.4 Å². The van der Waals surface area contributed by atoms with E-state index >= 15 is 0 Å². The van der Waals surface area contributed by atoms with Crippen LogP contribution in [0.3, 0.4) is 0 Å². The second kappa shape index (κ2) is 9.50. The van der Waals surface area contributed by atoms with E-state index in [1.54, 1.807) is 19.1 Å². The Kier molecular flexibility index (Phi) is 6.98. The third-order valence-electron chi connectivity index (χ3n) is 5.51. The number of carboxylic acid groups (broad SMARTS) is 1. The number of ether oxygens (including phenoxy) is 1. The summed E-state index contributed by atoms with van der Waals surface area (Å²) in [5.74, 6) is 4.24. The lowest BCUT2D eigenvalue weighted by Crippen LogP contribution is -2.54. The van der Waals surface area contributed by atoms with Crippen LogP contribution in [0.5, 0.6) is 5.75 Å². The molecule has 0 aliphatic carbocycles. The minimum Gasteiger partial charge on any atom is -0.481 e. The largest absolute Gasteiger partial charge is 0.481 e. The van der Waals surface area contributed by atoms with Crippen LogP contribution in [-0.2, 0) is 21.2 Å². The monoisotopic (exact) mass is 445 g/mol. The SMILES string of the molecule is CC#CCOc1ccc(S(=O)(=O)C2(C(=O)O)CCN(Cc3ccc(F)cc3)CC2)cc1. The number of sulfone groups is 1. The summed E-state index contributed by atoms with van der Waals surface area (Å²) < 4.78 is 43.2. The van der Waals surface area contributed by atoms with Crippen molar-refractivity contribution in [3.63, 3.8) is 0 Å². The first kappa shape index (κ1) is 22.8. The average Bonchev–Trinajstić information content (AvgIpc) is 2.76. The number of halogens is 1. The smallest absolute Gasteiger partial charge is 0.325 e. The van der Waals surface area contributed by atoms with Crippen molar-refractivity contribution in [3.05, 3.63) is 59.9 Å². The molecule has 0 amide bonds. The minimum absolute atomic E-state index is 0.0315. The van der Waals surface area contributed by atoms with Crippen molar-refractivity contribution in [1.29, 1.82) is 0 Å². The molecule has 0 unspecified atom stereocenters. The highest BCUT2D eigenvalue weighted by molar-refractivity contribution is 7.93. The van der Waals surface area contributed by atoms with Crippen molar-refractivity contribution in [3.8, 4) is 17.6 Å². The minimum atomic E-state index is -4.13. The molecule has 3 rings (SSSR count). The Balaban J connectivity index is 1.75. The van der Waals surface area contributed by atoms with Gasteiger partial charge in [0.15, 0.2) is 14.6 Å². The Morgan fingerprint density at radius 2 is 1.74 bits per heavy atom. The third-order valence-corrected chi connectivity index (χ3v) is 8.01. The molecule has 0 saturated carbocycles. The summed E-state index contributed by atoms with van der Waals surface area (Å²) in [7, 11) is -4.13. The molecule has 2 aromatic rings. The maximum absolute atomic E-state index is 13.3. The van der Waals surface area contributed by atoms with Crippen LogP contribution in [0.1, 0.15) is 25.3 Å². The predicted octanol–water partition coefficient (Wildman–Crippen LogP) is 3.12. The molecule has 1 fully saturated rings. The van der Waals surface area contributed by atoms with Gasteiger partial charge in [-0.1, -0.05) is 18.1 Å². The number of aliphatic carboxylic acids is 1. The lowest BCUT2D eigenvalue weighted by molar-refractivity contribution is -0.141. The van der Waals surface area contributed by atoms with Crippen molar-refractivity contribution >= 4 is 15.8 Å². The maximum atomic E-state index is 13.3. The quantitative estimate of drug-likeness (QED) is 0.660. The molecule has 0 radical (unpaired) electrons. The molecule has 1 aliphatic rings. The van der Waals surface area contributed by atoms with Gasteiger partial charge >= 0.3 is 5.97 Å². The third kappa shape index (κ3) is 4.89. The Hall–Kier alpha value is -2.89. The second-order valence-corrected chi connectivity index (χ2v) is 9.65. The van der Waals surface area contributed by atoms with Gasteiger partial charge in [0.2, 0.25) is 0 Å². The zero-order chi connectivity index (χ0) is 22.5. The Morgan fingerprint density at radius 1 is 1.13 bits per heavy atom. The lowest BCUT2D eigenvalue weighted by Gasteiger charge is -2.38. The molecule has 6 nitrogen and oxygen atoms in total. The number of hydrogen-bond acceptors (Lipinski definition) is 5. The molecule has 0 atom stereocenters.